The fraction of sp³-hybridized carbons (Fsp3) is 0.188. The molecular weight excluding hydrogens is 293 g/mol. The molecule has 0 aliphatic carbocycles. The van der Waals surface area contributed by atoms with Gasteiger partial charge in [-0.2, -0.15) is 0 Å². The zero-order chi connectivity index (χ0) is 15.2. The van der Waals surface area contributed by atoms with Gasteiger partial charge >= 0.3 is 0 Å². The molecule has 0 aromatic heterocycles. The molecule has 3 nitrogen and oxygen atoms in total. The maximum absolute atomic E-state index is 13.5. The lowest BCUT2D eigenvalue weighted by Crippen LogP contribution is -2.32. The third-order valence-corrected chi connectivity index (χ3v) is 3.13. The third kappa shape index (κ3) is 4.20. The lowest BCUT2D eigenvalue weighted by Gasteiger charge is -2.17. The Hall–Kier alpha value is -2.07. The van der Waals surface area contributed by atoms with E-state index in [4.69, 9.17) is 16.3 Å². The van der Waals surface area contributed by atoms with Crippen molar-refractivity contribution in [3.05, 3.63) is 59.4 Å². The quantitative estimate of drug-likeness (QED) is 0.895. The zero-order valence-electron chi connectivity index (χ0n) is 11.5. The van der Waals surface area contributed by atoms with Gasteiger partial charge in [-0.05, 0) is 42.8 Å². The Morgan fingerprint density at radius 1 is 1.24 bits per heavy atom. The highest BCUT2D eigenvalue weighted by Gasteiger charge is 2.19. The molecular formula is C16H15ClFNO2. The fourth-order valence-electron chi connectivity index (χ4n) is 1.77. The summed E-state index contributed by atoms with van der Waals surface area (Å²) in [4.78, 5) is 12.2. The second-order valence-corrected chi connectivity index (χ2v) is 4.88. The second kappa shape index (κ2) is 7.09. The van der Waals surface area contributed by atoms with Gasteiger partial charge in [-0.25, -0.2) is 4.39 Å². The van der Waals surface area contributed by atoms with E-state index in [0.717, 1.165) is 0 Å². The highest BCUT2D eigenvalue weighted by Crippen LogP contribution is 2.19. The van der Waals surface area contributed by atoms with Gasteiger partial charge in [0.1, 0.15) is 0 Å². The second-order valence-electron chi connectivity index (χ2n) is 4.44. The number of para-hydroxylation sites is 1. The molecule has 0 spiro atoms. The van der Waals surface area contributed by atoms with Crippen LogP contribution in [0.25, 0.3) is 0 Å². The molecule has 0 aliphatic rings. The van der Waals surface area contributed by atoms with Crippen LogP contribution < -0.4 is 10.1 Å². The van der Waals surface area contributed by atoms with Crippen LogP contribution in [0.3, 0.4) is 0 Å². The average molecular weight is 308 g/mol. The minimum Gasteiger partial charge on any atom is -0.478 e. The van der Waals surface area contributed by atoms with Gasteiger partial charge in [0.2, 0.25) is 0 Å². The number of carbonyl (C=O) groups excluding carboxylic acids is 1. The van der Waals surface area contributed by atoms with Gasteiger partial charge < -0.3 is 10.1 Å². The molecule has 0 heterocycles. The number of anilines is 1. The molecule has 1 atom stereocenters. The molecule has 0 saturated heterocycles. The summed E-state index contributed by atoms with van der Waals surface area (Å²) in [7, 11) is 0. The topological polar surface area (TPSA) is 38.3 Å². The van der Waals surface area contributed by atoms with Gasteiger partial charge in [0, 0.05) is 10.7 Å². The molecule has 21 heavy (non-hydrogen) atoms. The van der Waals surface area contributed by atoms with Crippen LogP contribution in [-0.4, -0.2) is 12.0 Å². The Balaban J connectivity index is 2.05. The van der Waals surface area contributed by atoms with Crippen molar-refractivity contribution in [2.75, 3.05) is 5.32 Å². The van der Waals surface area contributed by atoms with E-state index in [1.165, 1.54) is 12.1 Å². The van der Waals surface area contributed by atoms with Crippen LogP contribution in [0.2, 0.25) is 5.02 Å². The predicted octanol–water partition coefficient (Wildman–Crippen LogP) is 4.28. The zero-order valence-corrected chi connectivity index (χ0v) is 12.2. The van der Waals surface area contributed by atoms with Crippen LogP contribution >= 0.6 is 11.6 Å². The minimum absolute atomic E-state index is 0.0654. The number of halogens is 2. The van der Waals surface area contributed by atoms with Crippen LogP contribution in [0.1, 0.15) is 13.3 Å². The molecule has 0 bridgehead atoms. The highest BCUT2D eigenvalue weighted by molar-refractivity contribution is 6.30. The molecule has 2 aromatic carbocycles. The first-order chi connectivity index (χ1) is 10.1. The summed E-state index contributed by atoms with van der Waals surface area (Å²) in [5.74, 6) is -0.756. The summed E-state index contributed by atoms with van der Waals surface area (Å²) >= 11 is 5.78. The van der Waals surface area contributed by atoms with E-state index in [-0.39, 0.29) is 11.7 Å². The largest absolute Gasteiger partial charge is 0.478 e. The number of ether oxygens (including phenoxy) is 1. The van der Waals surface area contributed by atoms with Crippen LogP contribution in [0, 0.1) is 5.82 Å². The van der Waals surface area contributed by atoms with Crippen molar-refractivity contribution in [3.8, 4) is 5.75 Å². The minimum atomic E-state index is -0.766. The number of rotatable bonds is 5. The molecule has 1 N–H and O–H groups in total. The maximum atomic E-state index is 13.5. The van der Waals surface area contributed by atoms with E-state index in [0.29, 0.717) is 17.1 Å². The van der Waals surface area contributed by atoms with Gasteiger partial charge in [-0.15, -0.1) is 0 Å². The van der Waals surface area contributed by atoms with E-state index >= 15 is 0 Å². The van der Waals surface area contributed by atoms with E-state index < -0.39 is 11.9 Å². The van der Waals surface area contributed by atoms with Gasteiger partial charge in [-0.1, -0.05) is 30.7 Å². The Kier molecular flexibility index (Phi) is 5.17. The van der Waals surface area contributed by atoms with Crippen molar-refractivity contribution >= 4 is 23.2 Å². The standard InChI is InChI=1S/C16H15ClFNO2/c1-2-14(21-15-6-4-3-5-13(15)18)16(20)19-12-9-7-11(17)8-10-12/h3-10,14H,2H2,1H3,(H,19,20)/t14-/m0/s1. The molecule has 0 unspecified atom stereocenters. The van der Waals surface area contributed by atoms with E-state index in [1.807, 2.05) is 0 Å². The first kappa shape index (κ1) is 15.3. The molecule has 2 rings (SSSR count). The number of hydrogen-bond acceptors (Lipinski definition) is 2. The normalized spacial score (nSPS) is 11.8. The van der Waals surface area contributed by atoms with E-state index in [9.17, 15) is 9.18 Å². The molecule has 5 heteroatoms. The third-order valence-electron chi connectivity index (χ3n) is 2.88. The Morgan fingerprint density at radius 2 is 1.90 bits per heavy atom. The smallest absolute Gasteiger partial charge is 0.265 e. The monoisotopic (exact) mass is 307 g/mol. The SMILES string of the molecule is CC[C@H](Oc1ccccc1F)C(=O)Nc1ccc(Cl)cc1. The van der Waals surface area contributed by atoms with Crippen molar-refractivity contribution in [2.45, 2.75) is 19.4 Å². The van der Waals surface area contributed by atoms with Crippen LogP contribution in [0.15, 0.2) is 48.5 Å². The summed E-state index contributed by atoms with van der Waals surface area (Å²) in [6, 6.07) is 12.7. The Bertz CT molecular complexity index is 616. The van der Waals surface area contributed by atoms with Crippen LogP contribution in [0.4, 0.5) is 10.1 Å². The lowest BCUT2D eigenvalue weighted by atomic mass is 10.2. The summed E-state index contributed by atoms with van der Waals surface area (Å²) in [6.45, 7) is 1.80. The van der Waals surface area contributed by atoms with E-state index in [1.54, 1.807) is 43.3 Å². The summed E-state index contributed by atoms with van der Waals surface area (Å²) < 4.78 is 19.0. The first-order valence-electron chi connectivity index (χ1n) is 6.57. The number of hydrogen-bond donors (Lipinski definition) is 1. The van der Waals surface area contributed by atoms with Gasteiger partial charge in [0.15, 0.2) is 17.7 Å². The summed E-state index contributed by atoms with van der Waals surface area (Å²) in [5.41, 5.74) is 0.611. The van der Waals surface area contributed by atoms with Gasteiger partial charge in [-0.3, -0.25) is 4.79 Å². The Morgan fingerprint density at radius 3 is 2.52 bits per heavy atom. The number of carbonyl (C=O) groups is 1. The maximum Gasteiger partial charge on any atom is 0.265 e. The molecule has 1 amide bonds. The van der Waals surface area contributed by atoms with Crippen molar-refractivity contribution in [2.24, 2.45) is 0 Å². The average Bonchev–Trinajstić information content (AvgIpc) is 2.48. The van der Waals surface area contributed by atoms with Crippen molar-refractivity contribution in [1.29, 1.82) is 0 Å². The van der Waals surface area contributed by atoms with Crippen molar-refractivity contribution < 1.29 is 13.9 Å². The Labute approximate surface area is 127 Å². The van der Waals surface area contributed by atoms with Gasteiger partial charge in [0.05, 0.1) is 0 Å². The van der Waals surface area contributed by atoms with Crippen LogP contribution in [0.5, 0.6) is 5.75 Å². The number of nitrogens with one attached hydrogen (secondary N) is 1. The molecule has 110 valence electrons. The van der Waals surface area contributed by atoms with E-state index in [2.05, 4.69) is 5.32 Å². The molecule has 0 saturated carbocycles. The number of amides is 1. The van der Waals surface area contributed by atoms with Crippen LogP contribution in [-0.2, 0) is 4.79 Å². The summed E-state index contributed by atoms with van der Waals surface area (Å²) in [5, 5.41) is 3.30. The van der Waals surface area contributed by atoms with Crippen molar-refractivity contribution in [1.82, 2.24) is 0 Å². The molecule has 0 fully saturated rings. The number of benzene rings is 2. The lowest BCUT2D eigenvalue weighted by molar-refractivity contribution is -0.122. The summed E-state index contributed by atoms with van der Waals surface area (Å²) in [6.07, 6.45) is -0.342. The molecule has 0 aliphatic heterocycles. The molecule has 2 aromatic rings. The van der Waals surface area contributed by atoms with Gasteiger partial charge in [0.25, 0.3) is 5.91 Å². The first-order valence-corrected chi connectivity index (χ1v) is 6.95. The fourth-order valence-corrected chi connectivity index (χ4v) is 1.90. The molecule has 0 radical (unpaired) electrons. The van der Waals surface area contributed by atoms with Crippen molar-refractivity contribution in [3.63, 3.8) is 0 Å². The predicted molar refractivity (Wildman–Crippen MR) is 81.2 cm³/mol. The highest BCUT2D eigenvalue weighted by atomic mass is 35.5.